The summed E-state index contributed by atoms with van der Waals surface area (Å²) in [6.07, 6.45) is 1.53. The zero-order valence-electron chi connectivity index (χ0n) is 12.3. The predicted octanol–water partition coefficient (Wildman–Crippen LogP) is 1.40. The highest BCUT2D eigenvalue weighted by atomic mass is 19.2. The number of esters is 1. The van der Waals surface area contributed by atoms with Crippen LogP contribution in [0.4, 0.5) is 14.5 Å². The number of anilines is 1. The molecule has 1 aliphatic rings. The highest BCUT2D eigenvalue weighted by molar-refractivity contribution is 5.82. The minimum atomic E-state index is -0.920. The Hall–Kier alpha value is -2.18. The zero-order chi connectivity index (χ0) is 16.1. The molecule has 0 atom stereocenters. The van der Waals surface area contributed by atoms with E-state index in [9.17, 15) is 18.4 Å². The van der Waals surface area contributed by atoms with Crippen LogP contribution in [0.3, 0.4) is 0 Å². The van der Waals surface area contributed by atoms with Gasteiger partial charge in [0.1, 0.15) is 0 Å². The fraction of sp³-hybridized carbons (Fsp3) is 0.467. The summed E-state index contributed by atoms with van der Waals surface area (Å²) in [5.74, 6) is -2.47. The van der Waals surface area contributed by atoms with Gasteiger partial charge >= 0.3 is 5.97 Å². The second kappa shape index (κ2) is 7.20. The number of carbonyl (C=O) groups excluding carboxylic acids is 2. The molecular formula is C15H18F2N2O3. The number of nitrogens with zero attached hydrogens (tertiary/aromatic N) is 1. The molecule has 0 aromatic heterocycles. The van der Waals surface area contributed by atoms with Crippen molar-refractivity contribution in [1.29, 1.82) is 0 Å². The van der Waals surface area contributed by atoms with Crippen LogP contribution in [-0.4, -0.2) is 38.6 Å². The van der Waals surface area contributed by atoms with Crippen molar-refractivity contribution in [3.05, 3.63) is 29.3 Å². The number of ether oxygens (including phenoxy) is 1. The molecule has 1 heterocycles. The summed E-state index contributed by atoms with van der Waals surface area (Å²) in [4.78, 5) is 24.5. The van der Waals surface area contributed by atoms with E-state index >= 15 is 0 Å². The molecule has 0 spiro atoms. The van der Waals surface area contributed by atoms with E-state index in [2.05, 4.69) is 10.1 Å². The van der Waals surface area contributed by atoms with Gasteiger partial charge in [0, 0.05) is 24.8 Å². The van der Waals surface area contributed by atoms with Gasteiger partial charge < -0.3 is 15.0 Å². The molecule has 0 saturated carbocycles. The first-order valence-electron chi connectivity index (χ1n) is 7.07. The van der Waals surface area contributed by atoms with Crippen LogP contribution in [0.2, 0.25) is 0 Å². The van der Waals surface area contributed by atoms with E-state index in [4.69, 9.17) is 0 Å². The molecule has 0 unspecified atom stereocenters. The Morgan fingerprint density at radius 2 is 2.05 bits per heavy atom. The van der Waals surface area contributed by atoms with Gasteiger partial charge in [-0.05, 0) is 24.5 Å². The predicted molar refractivity (Wildman–Crippen MR) is 76.5 cm³/mol. The van der Waals surface area contributed by atoms with E-state index in [0.29, 0.717) is 24.2 Å². The Morgan fingerprint density at radius 1 is 1.32 bits per heavy atom. The molecule has 0 saturated heterocycles. The summed E-state index contributed by atoms with van der Waals surface area (Å²) in [7, 11) is 1.28. The number of fused-ring (bicyclic) bond motifs is 1. The minimum absolute atomic E-state index is 0.0409. The Labute approximate surface area is 127 Å². The molecule has 0 bridgehead atoms. The number of hydrogen-bond acceptors (Lipinski definition) is 4. The van der Waals surface area contributed by atoms with Crippen LogP contribution in [0.1, 0.15) is 18.4 Å². The summed E-state index contributed by atoms with van der Waals surface area (Å²) < 4.78 is 31.1. The van der Waals surface area contributed by atoms with Crippen LogP contribution in [0.15, 0.2) is 12.1 Å². The van der Waals surface area contributed by atoms with Crippen LogP contribution in [0.25, 0.3) is 0 Å². The monoisotopic (exact) mass is 312 g/mol. The van der Waals surface area contributed by atoms with Gasteiger partial charge in [0.2, 0.25) is 5.91 Å². The van der Waals surface area contributed by atoms with Crippen molar-refractivity contribution in [3.8, 4) is 0 Å². The molecule has 120 valence electrons. The third kappa shape index (κ3) is 3.93. The molecule has 0 aliphatic carbocycles. The van der Waals surface area contributed by atoms with Crippen molar-refractivity contribution in [2.24, 2.45) is 0 Å². The molecule has 1 aromatic carbocycles. The van der Waals surface area contributed by atoms with Crippen LogP contribution in [0, 0.1) is 11.6 Å². The number of rotatable bonds is 5. The maximum absolute atomic E-state index is 13.4. The summed E-state index contributed by atoms with van der Waals surface area (Å²) in [6.45, 7) is 0.825. The Bertz CT molecular complexity index is 578. The molecule has 2 rings (SSSR count). The molecule has 1 aromatic rings. The van der Waals surface area contributed by atoms with E-state index in [1.807, 2.05) is 0 Å². The topological polar surface area (TPSA) is 58.6 Å². The largest absolute Gasteiger partial charge is 0.469 e. The summed E-state index contributed by atoms with van der Waals surface area (Å²) in [6, 6.07) is 2.32. The highest BCUT2D eigenvalue weighted by Gasteiger charge is 2.21. The van der Waals surface area contributed by atoms with Crippen molar-refractivity contribution in [1.82, 2.24) is 5.32 Å². The van der Waals surface area contributed by atoms with E-state index < -0.39 is 17.6 Å². The lowest BCUT2D eigenvalue weighted by Crippen LogP contribution is -2.40. The van der Waals surface area contributed by atoms with Crippen molar-refractivity contribution in [2.75, 3.05) is 31.6 Å². The van der Waals surface area contributed by atoms with E-state index in [1.54, 1.807) is 4.90 Å². The van der Waals surface area contributed by atoms with Gasteiger partial charge in [0.15, 0.2) is 11.6 Å². The standard InChI is InChI=1S/C15H18F2N2O3/c1-22-15(21)4-5-18-14(20)9-19-6-2-3-10-7-11(16)12(17)8-13(10)19/h7-8H,2-6,9H2,1H3,(H,18,20). The normalized spacial score (nSPS) is 13.5. The van der Waals surface area contributed by atoms with Crippen molar-refractivity contribution >= 4 is 17.6 Å². The number of methoxy groups -OCH3 is 1. The van der Waals surface area contributed by atoms with Gasteiger partial charge in [-0.3, -0.25) is 9.59 Å². The smallest absolute Gasteiger partial charge is 0.307 e. The number of amides is 1. The summed E-state index contributed by atoms with van der Waals surface area (Å²) in [5, 5.41) is 2.60. The number of benzene rings is 1. The lowest BCUT2D eigenvalue weighted by atomic mass is 10.0. The van der Waals surface area contributed by atoms with Gasteiger partial charge in [-0.1, -0.05) is 0 Å². The number of hydrogen-bond donors (Lipinski definition) is 1. The maximum atomic E-state index is 13.4. The molecule has 22 heavy (non-hydrogen) atoms. The van der Waals surface area contributed by atoms with Crippen molar-refractivity contribution in [2.45, 2.75) is 19.3 Å². The van der Waals surface area contributed by atoms with Crippen LogP contribution >= 0.6 is 0 Å². The zero-order valence-corrected chi connectivity index (χ0v) is 12.3. The Balaban J connectivity index is 1.96. The SMILES string of the molecule is COC(=O)CCNC(=O)CN1CCCc2cc(F)c(F)cc21. The molecule has 0 fully saturated rings. The fourth-order valence-corrected chi connectivity index (χ4v) is 2.45. The van der Waals surface area contributed by atoms with Gasteiger partial charge in [0.25, 0.3) is 0 Å². The Morgan fingerprint density at radius 3 is 2.77 bits per heavy atom. The third-order valence-corrected chi connectivity index (χ3v) is 3.55. The van der Waals surface area contributed by atoms with Crippen LogP contribution in [-0.2, 0) is 20.7 Å². The Kier molecular flexibility index (Phi) is 5.30. The summed E-state index contributed by atoms with van der Waals surface area (Å²) >= 11 is 0. The second-order valence-corrected chi connectivity index (χ2v) is 5.10. The first-order chi connectivity index (χ1) is 10.5. The first-order valence-corrected chi connectivity index (χ1v) is 7.07. The summed E-state index contributed by atoms with van der Waals surface area (Å²) in [5.41, 5.74) is 1.25. The minimum Gasteiger partial charge on any atom is -0.469 e. The van der Waals surface area contributed by atoms with E-state index in [-0.39, 0.29) is 25.4 Å². The lowest BCUT2D eigenvalue weighted by molar-refractivity contribution is -0.140. The molecule has 0 radical (unpaired) electrons. The number of halogens is 2. The maximum Gasteiger partial charge on any atom is 0.307 e. The van der Waals surface area contributed by atoms with E-state index in [1.165, 1.54) is 13.2 Å². The van der Waals surface area contributed by atoms with Crippen molar-refractivity contribution in [3.63, 3.8) is 0 Å². The van der Waals surface area contributed by atoms with Gasteiger partial charge in [-0.15, -0.1) is 0 Å². The van der Waals surface area contributed by atoms with Gasteiger partial charge in [-0.2, -0.15) is 0 Å². The quantitative estimate of drug-likeness (QED) is 0.835. The molecular weight excluding hydrogens is 294 g/mol. The molecule has 1 N–H and O–H groups in total. The molecule has 5 nitrogen and oxygen atoms in total. The molecule has 1 aliphatic heterocycles. The number of carbonyl (C=O) groups is 2. The second-order valence-electron chi connectivity index (χ2n) is 5.10. The third-order valence-electron chi connectivity index (χ3n) is 3.55. The lowest BCUT2D eigenvalue weighted by Gasteiger charge is -2.30. The molecule has 7 heteroatoms. The van der Waals surface area contributed by atoms with Gasteiger partial charge in [0.05, 0.1) is 20.1 Å². The van der Waals surface area contributed by atoms with Crippen LogP contribution in [0.5, 0.6) is 0 Å². The van der Waals surface area contributed by atoms with Crippen molar-refractivity contribution < 1.29 is 23.1 Å². The fourth-order valence-electron chi connectivity index (χ4n) is 2.45. The highest BCUT2D eigenvalue weighted by Crippen LogP contribution is 2.29. The average Bonchev–Trinajstić information content (AvgIpc) is 2.49. The average molecular weight is 312 g/mol. The van der Waals surface area contributed by atoms with Gasteiger partial charge in [-0.25, -0.2) is 8.78 Å². The first kappa shape index (κ1) is 16.2. The number of nitrogens with one attached hydrogen (secondary N) is 1. The number of aryl methyl sites for hydroxylation is 1. The van der Waals surface area contributed by atoms with E-state index in [0.717, 1.165) is 12.5 Å². The molecule has 1 amide bonds. The van der Waals surface area contributed by atoms with Crippen LogP contribution < -0.4 is 10.2 Å².